The zero-order chi connectivity index (χ0) is 19.7. The van der Waals surface area contributed by atoms with Crippen molar-refractivity contribution in [1.29, 1.82) is 0 Å². The predicted octanol–water partition coefficient (Wildman–Crippen LogP) is 6.93. The lowest BCUT2D eigenvalue weighted by molar-refractivity contribution is 0.639. The van der Waals surface area contributed by atoms with E-state index in [2.05, 4.69) is 95.6 Å². The van der Waals surface area contributed by atoms with Gasteiger partial charge in [-0.15, -0.1) is 0 Å². The molecule has 0 bridgehead atoms. The predicted molar refractivity (Wildman–Crippen MR) is 125 cm³/mol. The molecular weight excluding hydrogens is 372 g/mol. The molecule has 0 aliphatic carbocycles. The highest BCUT2D eigenvalue weighted by molar-refractivity contribution is 7.98. The van der Waals surface area contributed by atoms with Crippen LogP contribution in [-0.4, -0.2) is 15.3 Å². The number of aromatic nitrogens is 2. The molecule has 4 rings (SSSR count). The zero-order valence-corrected chi connectivity index (χ0v) is 17.4. The molecule has 146 valence electrons. The number of unbranched alkanes of at least 4 members (excludes halogenated alkanes) is 1. The van der Waals surface area contributed by atoms with Crippen molar-refractivity contribution in [3.63, 3.8) is 0 Å². The second kappa shape index (κ2) is 10.1. The number of aryl methyl sites for hydroxylation is 1. The van der Waals surface area contributed by atoms with Crippen LogP contribution in [0.2, 0.25) is 0 Å². The highest BCUT2D eigenvalue weighted by Gasteiger charge is 2.14. The molecule has 0 radical (unpaired) electrons. The quantitative estimate of drug-likeness (QED) is 0.284. The number of hydrogen-bond acceptors (Lipinski definition) is 2. The molecule has 1 heterocycles. The largest absolute Gasteiger partial charge is 0.330 e. The average Bonchev–Trinajstić information content (AvgIpc) is 3.22. The van der Waals surface area contributed by atoms with Crippen molar-refractivity contribution < 1.29 is 0 Å². The van der Waals surface area contributed by atoms with Gasteiger partial charge in [-0.2, -0.15) is 11.8 Å². The van der Waals surface area contributed by atoms with Gasteiger partial charge < -0.3 is 4.57 Å². The third kappa shape index (κ3) is 5.18. The van der Waals surface area contributed by atoms with E-state index in [4.69, 9.17) is 4.98 Å². The Labute approximate surface area is 177 Å². The van der Waals surface area contributed by atoms with E-state index in [0.717, 1.165) is 24.4 Å². The van der Waals surface area contributed by atoms with E-state index in [1.165, 1.54) is 34.6 Å². The average molecular weight is 399 g/mol. The van der Waals surface area contributed by atoms with Gasteiger partial charge in [0.2, 0.25) is 0 Å². The molecular formula is C26H26N2S. The lowest BCUT2D eigenvalue weighted by Crippen LogP contribution is -2.00. The van der Waals surface area contributed by atoms with Crippen LogP contribution < -0.4 is 0 Å². The normalized spacial score (nSPS) is 10.9. The Hall–Kier alpha value is -2.78. The first kappa shape index (κ1) is 19.5. The van der Waals surface area contributed by atoms with Gasteiger partial charge in [-0.25, -0.2) is 4.98 Å². The molecule has 0 N–H and O–H groups in total. The van der Waals surface area contributed by atoms with Crippen LogP contribution in [0.3, 0.4) is 0 Å². The molecule has 3 heteroatoms. The lowest BCUT2D eigenvalue weighted by atomic mass is 10.0. The second-order valence-corrected chi connectivity index (χ2v) is 8.22. The molecule has 0 aliphatic rings. The summed E-state index contributed by atoms with van der Waals surface area (Å²) in [7, 11) is 0. The minimum Gasteiger partial charge on any atom is -0.330 e. The molecule has 1 aromatic heterocycles. The van der Waals surface area contributed by atoms with E-state index in [1.807, 2.05) is 18.1 Å². The highest BCUT2D eigenvalue weighted by Crippen LogP contribution is 2.31. The molecule has 0 saturated heterocycles. The summed E-state index contributed by atoms with van der Waals surface area (Å²) < 4.78 is 2.32. The fourth-order valence-electron chi connectivity index (χ4n) is 3.51. The second-order valence-electron chi connectivity index (χ2n) is 7.11. The number of rotatable bonds is 9. The summed E-state index contributed by atoms with van der Waals surface area (Å²) >= 11 is 2.02. The van der Waals surface area contributed by atoms with Crippen LogP contribution >= 0.6 is 11.8 Å². The summed E-state index contributed by atoms with van der Waals surface area (Å²) in [4.78, 5) is 4.78. The van der Waals surface area contributed by atoms with Gasteiger partial charge in [0.25, 0.3) is 0 Å². The van der Waals surface area contributed by atoms with Crippen LogP contribution in [0.5, 0.6) is 0 Å². The van der Waals surface area contributed by atoms with Crippen molar-refractivity contribution in [3.8, 4) is 22.5 Å². The lowest BCUT2D eigenvalue weighted by Gasteiger charge is -2.11. The van der Waals surface area contributed by atoms with Crippen molar-refractivity contribution >= 4 is 11.8 Å². The molecule has 0 amide bonds. The Kier molecular flexibility index (Phi) is 6.82. The van der Waals surface area contributed by atoms with Gasteiger partial charge in [0.05, 0.1) is 17.7 Å². The van der Waals surface area contributed by atoms with Crippen LogP contribution in [0.1, 0.15) is 18.4 Å². The monoisotopic (exact) mass is 398 g/mol. The third-order valence-corrected chi connectivity index (χ3v) is 6.10. The van der Waals surface area contributed by atoms with E-state index in [1.54, 1.807) is 0 Å². The summed E-state index contributed by atoms with van der Waals surface area (Å²) in [5.41, 5.74) is 6.08. The number of nitrogens with zero attached hydrogens (tertiary/aromatic N) is 2. The molecule has 0 unspecified atom stereocenters. The highest BCUT2D eigenvalue weighted by atomic mass is 32.2. The smallest absolute Gasteiger partial charge is 0.0963 e. The summed E-state index contributed by atoms with van der Waals surface area (Å²) in [6.07, 6.45) is 4.37. The first-order chi connectivity index (χ1) is 14.4. The van der Waals surface area contributed by atoms with Crippen molar-refractivity contribution in [1.82, 2.24) is 9.55 Å². The molecule has 0 aliphatic heterocycles. The minimum absolute atomic E-state index is 0.996. The van der Waals surface area contributed by atoms with Gasteiger partial charge in [0.15, 0.2) is 0 Å². The number of thioether (sulfide) groups is 1. The van der Waals surface area contributed by atoms with Crippen LogP contribution in [0, 0.1) is 0 Å². The SMILES string of the molecule is c1ccc(CSCCCCn2cnc(-c3ccccc3)c2-c2ccccc2)cc1. The fraction of sp³-hybridized carbons (Fsp3) is 0.192. The topological polar surface area (TPSA) is 17.8 Å². The summed E-state index contributed by atoms with van der Waals surface area (Å²) in [5, 5.41) is 0. The van der Waals surface area contributed by atoms with Crippen molar-refractivity contribution in [2.45, 2.75) is 25.1 Å². The summed E-state index contributed by atoms with van der Waals surface area (Å²) in [6, 6.07) is 31.8. The van der Waals surface area contributed by atoms with E-state index < -0.39 is 0 Å². The maximum atomic E-state index is 4.78. The Balaban J connectivity index is 1.40. The number of benzene rings is 3. The van der Waals surface area contributed by atoms with Crippen LogP contribution in [0.4, 0.5) is 0 Å². The van der Waals surface area contributed by atoms with Gasteiger partial charge in [-0.05, 0) is 24.2 Å². The standard InChI is InChI=1S/C26H26N2S/c1-4-12-22(13-5-1)20-29-19-11-10-18-28-21-27-25(23-14-6-2-7-15-23)26(28)24-16-8-3-9-17-24/h1-9,12-17,21H,10-11,18-20H2. The van der Waals surface area contributed by atoms with Crippen LogP contribution in [-0.2, 0) is 12.3 Å². The van der Waals surface area contributed by atoms with E-state index >= 15 is 0 Å². The first-order valence-corrected chi connectivity index (χ1v) is 11.3. The molecule has 0 spiro atoms. The minimum atomic E-state index is 0.996. The van der Waals surface area contributed by atoms with E-state index in [0.29, 0.717) is 0 Å². The maximum absolute atomic E-state index is 4.78. The van der Waals surface area contributed by atoms with Gasteiger partial charge in [-0.1, -0.05) is 91.0 Å². The first-order valence-electron chi connectivity index (χ1n) is 10.2. The molecule has 3 aromatic carbocycles. The zero-order valence-electron chi connectivity index (χ0n) is 16.6. The molecule has 0 atom stereocenters. The molecule has 0 saturated carbocycles. The van der Waals surface area contributed by atoms with E-state index in [9.17, 15) is 0 Å². The van der Waals surface area contributed by atoms with Crippen LogP contribution in [0.15, 0.2) is 97.3 Å². The third-order valence-electron chi connectivity index (χ3n) is 4.98. The Morgan fingerprint density at radius 2 is 1.31 bits per heavy atom. The van der Waals surface area contributed by atoms with E-state index in [-0.39, 0.29) is 0 Å². The Morgan fingerprint density at radius 1 is 0.690 bits per heavy atom. The molecule has 2 nitrogen and oxygen atoms in total. The Morgan fingerprint density at radius 3 is 2.00 bits per heavy atom. The van der Waals surface area contributed by atoms with Crippen LogP contribution in [0.25, 0.3) is 22.5 Å². The van der Waals surface area contributed by atoms with Gasteiger partial charge >= 0.3 is 0 Å². The summed E-state index contributed by atoms with van der Waals surface area (Å²) in [6.45, 7) is 0.996. The van der Waals surface area contributed by atoms with Crippen molar-refractivity contribution in [3.05, 3.63) is 103 Å². The fourth-order valence-corrected chi connectivity index (χ4v) is 4.49. The van der Waals surface area contributed by atoms with Crippen molar-refractivity contribution in [2.24, 2.45) is 0 Å². The van der Waals surface area contributed by atoms with Gasteiger partial charge in [0.1, 0.15) is 0 Å². The molecule has 0 fully saturated rings. The number of hydrogen-bond donors (Lipinski definition) is 0. The maximum Gasteiger partial charge on any atom is 0.0963 e. The molecule has 29 heavy (non-hydrogen) atoms. The Bertz CT molecular complexity index is 995. The van der Waals surface area contributed by atoms with Crippen molar-refractivity contribution in [2.75, 3.05) is 5.75 Å². The number of imidazole rings is 1. The molecule has 4 aromatic rings. The van der Waals surface area contributed by atoms with Gasteiger partial charge in [-0.3, -0.25) is 0 Å². The summed E-state index contributed by atoms with van der Waals surface area (Å²) in [5.74, 6) is 2.29. The van der Waals surface area contributed by atoms with Gasteiger partial charge in [0, 0.05) is 23.4 Å².